The minimum absolute atomic E-state index is 0.0686. The monoisotopic (exact) mass is 257 g/mol. The van der Waals surface area contributed by atoms with Crippen molar-refractivity contribution in [3.63, 3.8) is 0 Å². The number of rotatable bonds is 2. The van der Waals surface area contributed by atoms with Gasteiger partial charge in [0.25, 0.3) is 0 Å². The Balaban J connectivity index is 1.93. The fraction of sp³-hybridized carbons (Fsp3) is 0.533. The number of carbonyl (C=O) groups is 1. The van der Waals surface area contributed by atoms with Crippen LogP contribution in [0.4, 0.5) is 5.82 Å². The molecule has 0 bridgehead atoms. The third-order valence-corrected chi connectivity index (χ3v) is 3.62. The highest BCUT2D eigenvalue weighted by atomic mass is 16.1. The Hall–Kier alpha value is -1.89. The van der Waals surface area contributed by atoms with Crippen molar-refractivity contribution < 1.29 is 4.79 Å². The molecule has 1 N–H and O–H groups in total. The number of nitriles is 1. The van der Waals surface area contributed by atoms with Crippen LogP contribution in [0.5, 0.6) is 0 Å². The molecule has 19 heavy (non-hydrogen) atoms. The van der Waals surface area contributed by atoms with Crippen LogP contribution < -0.4 is 5.32 Å². The number of pyridine rings is 1. The van der Waals surface area contributed by atoms with Crippen molar-refractivity contribution >= 4 is 11.7 Å². The Bertz CT molecular complexity index is 453. The molecule has 1 heterocycles. The summed E-state index contributed by atoms with van der Waals surface area (Å²) in [5, 5.41) is 11.5. The average Bonchev–Trinajstić information content (AvgIpc) is 2.39. The van der Waals surface area contributed by atoms with Crippen molar-refractivity contribution in [1.29, 1.82) is 5.26 Å². The molecule has 1 amide bonds. The van der Waals surface area contributed by atoms with Gasteiger partial charge >= 0.3 is 0 Å². The van der Waals surface area contributed by atoms with E-state index in [1.165, 1.54) is 25.5 Å². The molecule has 0 aliphatic heterocycles. The molecule has 2 rings (SSSR count). The lowest BCUT2D eigenvalue weighted by Crippen LogP contribution is -2.24. The molecule has 0 saturated heterocycles. The highest BCUT2D eigenvalue weighted by Crippen LogP contribution is 2.23. The van der Waals surface area contributed by atoms with E-state index in [2.05, 4.69) is 10.3 Å². The first-order valence-electron chi connectivity index (χ1n) is 6.96. The number of carbonyl (C=O) groups excluding carboxylic acids is 1. The van der Waals surface area contributed by atoms with E-state index in [9.17, 15) is 4.79 Å². The van der Waals surface area contributed by atoms with Crippen LogP contribution in [-0.2, 0) is 4.79 Å². The first-order valence-corrected chi connectivity index (χ1v) is 6.96. The molecule has 4 heteroatoms. The van der Waals surface area contributed by atoms with Gasteiger partial charge in [0.05, 0.1) is 5.56 Å². The maximum atomic E-state index is 12.2. The SMILES string of the molecule is N#Cc1ccc(NC(=O)C2CCCCCCC2)nc1. The zero-order chi connectivity index (χ0) is 13.5. The fourth-order valence-electron chi connectivity index (χ4n) is 2.48. The van der Waals surface area contributed by atoms with Crippen LogP contribution in [0.2, 0.25) is 0 Å². The molecule has 1 aliphatic carbocycles. The Morgan fingerprint density at radius 1 is 1.21 bits per heavy atom. The third-order valence-electron chi connectivity index (χ3n) is 3.62. The van der Waals surface area contributed by atoms with Gasteiger partial charge in [-0.1, -0.05) is 32.1 Å². The molecule has 100 valence electrons. The molecule has 4 nitrogen and oxygen atoms in total. The van der Waals surface area contributed by atoms with Crippen LogP contribution >= 0.6 is 0 Å². The first-order chi connectivity index (χ1) is 9.29. The van der Waals surface area contributed by atoms with E-state index in [4.69, 9.17) is 5.26 Å². The van der Waals surface area contributed by atoms with Gasteiger partial charge in [-0.25, -0.2) is 4.98 Å². The fourth-order valence-corrected chi connectivity index (χ4v) is 2.48. The summed E-state index contributed by atoms with van der Waals surface area (Å²) in [5.74, 6) is 0.711. The van der Waals surface area contributed by atoms with Crippen molar-refractivity contribution in [2.45, 2.75) is 44.9 Å². The maximum Gasteiger partial charge on any atom is 0.228 e. The Kier molecular flexibility index (Phi) is 4.91. The molecule has 1 fully saturated rings. The molecule has 0 radical (unpaired) electrons. The summed E-state index contributed by atoms with van der Waals surface area (Å²) < 4.78 is 0. The quantitative estimate of drug-likeness (QED) is 0.884. The van der Waals surface area contributed by atoms with E-state index in [0.717, 1.165) is 25.7 Å². The van der Waals surface area contributed by atoms with Gasteiger partial charge in [-0.3, -0.25) is 4.79 Å². The van der Waals surface area contributed by atoms with Gasteiger partial charge < -0.3 is 5.32 Å². The summed E-state index contributed by atoms with van der Waals surface area (Å²) in [6, 6.07) is 5.36. The highest BCUT2D eigenvalue weighted by molar-refractivity contribution is 5.91. The van der Waals surface area contributed by atoms with E-state index >= 15 is 0 Å². The summed E-state index contributed by atoms with van der Waals surface area (Å²) in [6.45, 7) is 0. The van der Waals surface area contributed by atoms with Gasteiger partial charge in [-0.2, -0.15) is 5.26 Å². The van der Waals surface area contributed by atoms with Crippen molar-refractivity contribution in [3.05, 3.63) is 23.9 Å². The molecule has 1 aromatic heterocycles. The second-order valence-electron chi connectivity index (χ2n) is 5.08. The van der Waals surface area contributed by atoms with Crippen LogP contribution in [0.3, 0.4) is 0 Å². The van der Waals surface area contributed by atoms with Gasteiger partial charge in [0.2, 0.25) is 5.91 Å². The number of nitrogens with zero attached hydrogens (tertiary/aromatic N) is 2. The predicted octanol–water partition coefficient (Wildman–Crippen LogP) is 3.25. The molecule has 0 unspecified atom stereocenters. The summed E-state index contributed by atoms with van der Waals surface area (Å²) in [7, 11) is 0. The number of aromatic nitrogens is 1. The number of anilines is 1. The number of nitrogens with one attached hydrogen (secondary N) is 1. The van der Waals surface area contributed by atoms with E-state index in [0.29, 0.717) is 11.4 Å². The molecule has 0 aromatic carbocycles. The van der Waals surface area contributed by atoms with E-state index < -0.39 is 0 Å². The van der Waals surface area contributed by atoms with Crippen molar-refractivity contribution in [2.75, 3.05) is 5.32 Å². The van der Waals surface area contributed by atoms with Crippen LogP contribution in [0, 0.1) is 17.2 Å². The van der Waals surface area contributed by atoms with Crippen LogP contribution in [-0.4, -0.2) is 10.9 Å². The number of hydrogen-bond donors (Lipinski definition) is 1. The van der Waals surface area contributed by atoms with Gasteiger partial charge in [0.1, 0.15) is 11.9 Å². The number of hydrogen-bond acceptors (Lipinski definition) is 3. The molecular formula is C15H19N3O. The molecule has 0 atom stereocenters. The average molecular weight is 257 g/mol. The summed E-state index contributed by atoms with van der Waals surface area (Å²) in [5.41, 5.74) is 0.504. The van der Waals surface area contributed by atoms with E-state index in [1.54, 1.807) is 12.1 Å². The second kappa shape index (κ2) is 6.89. The van der Waals surface area contributed by atoms with E-state index in [1.807, 2.05) is 6.07 Å². The Morgan fingerprint density at radius 2 is 1.89 bits per heavy atom. The minimum Gasteiger partial charge on any atom is -0.310 e. The molecular weight excluding hydrogens is 238 g/mol. The van der Waals surface area contributed by atoms with E-state index in [-0.39, 0.29) is 11.8 Å². The Morgan fingerprint density at radius 3 is 2.47 bits per heavy atom. The zero-order valence-corrected chi connectivity index (χ0v) is 11.1. The van der Waals surface area contributed by atoms with Crippen LogP contribution in [0.15, 0.2) is 18.3 Å². The van der Waals surface area contributed by atoms with Crippen LogP contribution in [0.25, 0.3) is 0 Å². The highest BCUT2D eigenvalue weighted by Gasteiger charge is 2.19. The first kappa shape index (κ1) is 13.5. The summed E-state index contributed by atoms with van der Waals surface area (Å²) >= 11 is 0. The lowest BCUT2D eigenvalue weighted by molar-refractivity contribution is -0.120. The lowest BCUT2D eigenvalue weighted by atomic mass is 9.90. The Labute approximate surface area is 113 Å². The normalized spacial score (nSPS) is 17.0. The lowest BCUT2D eigenvalue weighted by Gasteiger charge is -2.18. The van der Waals surface area contributed by atoms with Gasteiger partial charge in [0, 0.05) is 12.1 Å². The standard InChI is InChI=1S/C15H19N3O/c16-10-12-8-9-14(17-11-12)18-15(19)13-6-4-2-1-3-5-7-13/h8-9,11,13H,1-7H2,(H,17,18,19). The topological polar surface area (TPSA) is 65.8 Å². The third kappa shape index (κ3) is 4.06. The minimum atomic E-state index is 0.0686. The van der Waals surface area contributed by atoms with Gasteiger partial charge in [0.15, 0.2) is 0 Å². The number of amides is 1. The van der Waals surface area contributed by atoms with Gasteiger partial charge in [-0.15, -0.1) is 0 Å². The second-order valence-corrected chi connectivity index (χ2v) is 5.08. The summed E-state index contributed by atoms with van der Waals surface area (Å²) in [6.07, 6.45) is 9.47. The zero-order valence-electron chi connectivity index (χ0n) is 11.1. The van der Waals surface area contributed by atoms with Crippen molar-refractivity contribution in [2.24, 2.45) is 5.92 Å². The molecule has 1 saturated carbocycles. The smallest absolute Gasteiger partial charge is 0.228 e. The van der Waals surface area contributed by atoms with Crippen molar-refractivity contribution in [1.82, 2.24) is 4.98 Å². The molecule has 1 aliphatic rings. The molecule has 1 aromatic rings. The largest absolute Gasteiger partial charge is 0.310 e. The van der Waals surface area contributed by atoms with Crippen LogP contribution in [0.1, 0.15) is 50.5 Å². The summed E-state index contributed by atoms with van der Waals surface area (Å²) in [4.78, 5) is 16.2. The van der Waals surface area contributed by atoms with Gasteiger partial charge in [-0.05, 0) is 25.0 Å². The molecule has 0 spiro atoms. The maximum absolute atomic E-state index is 12.2. The predicted molar refractivity (Wildman–Crippen MR) is 73.4 cm³/mol. The van der Waals surface area contributed by atoms with Crippen molar-refractivity contribution in [3.8, 4) is 6.07 Å².